The number of benzene rings is 2. The number of fused-ring (bicyclic) bond motifs is 1. The molecule has 3 aromatic rings. The van der Waals surface area contributed by atoms with E-state index in [9.17, 15) is 4.79 Å². The second-order valence-electron chi connectivity index (χ2n) is 8.34. The van der Waals surface area contributed by atoms with Crippen LogP contribution in [-0.2, 0) is 17.7 Å². The van der Waals surface area contributed by atoms with Crippen LogP contribution in [0.25, 0.3) is 10.9 Å². The molecule has 1 amide bonds. The highest BCUT2D eigenvalue weighted by atomic mass is 79.9. The van der Waals surface area contributed by atoms with Gasteiger partial charge in [0.2, 0.25) is 0 Å². The first kappa shape index (κ1) is 22.2. The molecule has 1 heterocycles. The van der Waals surface area contributed by atoms with Crippen LogP contribution < -0.4 is 10.1 Å². The van der Waals surface area contributed by atoms with Crippen molar-refractivity contribution in [3.63, 3.8) is 0 Å². The van der Waals surface area contributed by atoms with Crippen molar-refractivity contribution < 1.29 is 14.3 Å². The number of halogens is 1. The molecule has 0 unspecified atom stereocenters. The zero-order valence-corrected chi connectivity index (χ0v) is 19.8. The topological polar surface area (TPSA) is 52.5 Å². The molecule has 5 nitrogen and oxygen atoms in total. The number of ether oxygens (including phenoxy) is 2. The molecule has 0 aliphatic carbocycles. The predicted molar refractivity (Wildman–Crippen MR) is 124 cm³/mol. The lowest BCUT2D eigenvalue weighted by Crippen LogP contribution is -2.33. The molecule has 6 heteroatoms. The third kappa shape index (κ3) is 5.36. The molecule has 0 saturated carbocycles. The standard InChI is InChI=1S/C24H29BrN2O3/c1-16-20(12-13-26-23(28)30-24(2,3)4)21-14-19(29-5)10-11-22(21)27(16)15-17-6-8-18(25)9-7-17/h6-11,14H,12-13,15H2,1-5H3,(H,26,28). The Morgan fingerprint density at radius 1 is 1.13 bits per heavy atom. The first-order valence-corrected chi connectivity index (χ1v) is 10.8. The highest BCUT2D eigenvalue weighted by Gasteiger charge is 2.18. The fourth-order valence-electron chi connectivity index (χ4n) is 3.55. The van der Waals surface area contributed by atoms with Crippen molar-refractivity contribution in [1.29, 1.82) is 0 Å². The molecule has 3 rings (SSSR count). The van der Waals surface area contributed by atoms with Crippen LogP contribution in [0.15, 0.2) is 46.9 Å². The van der Waals surface area contributed by atoms with Gasteiger partial charge in [-0.05, 0) is 75.6 Å². The van der Waals surface area contributed by atoms with Crippen LogP contribution in [0.1, 0.15) is 37.6 Å². The fourth-order valence-corrected chi connectivity index (χ4v) is 3.82. The smallest absolute Gasteiger partial charge is 0.407 e. The highest BCUT2D eigenvalue weighted by molar-refractivity contribution is 9.10. The maximum absolute atomic E-state index is 12.0. The largest absolute Gasteiger partial charge is 0.497 e. The second kappa shape index (κ2) is 9.13. The molecule has 0 fully saturated rings. The Morgan fingerprint density at radius 2 is 1.83 bits per heavy atom. The van der Waals surface area contributed by atoms with Crippen molar-refractivity contribution in [2.24, 2.45) is 0 Å². The van der Waals surface area contributed by atoms with Crippen molar-refractivity contribution in [3.8, 4) is 5.75 Å². The molecule has 2 aromatic carbocycles. The summed E-state index contributed by atoms with van der Waals surface area (Å²) in [6.45, 7) is 9.00. The number of amides is 1. The molecule has 160 valence electrons. The normalized spacial score (nSPS) is 11.5. The maximum Gasteiger partial charge on any atom is 0.407 e. The average Bonchev–Trinajstić information content (AvgIpc) is 2.93. The Bertz CT molecular complexity index is 1030. The molecule has 0 aliphatic rings. The van der Waals surface area contributed by atoms with E-state index in [1.807, 2.05) is 26.8 Å². The summed E-state index contributed by atoms with van der Waals surface area (Å²) in [6, 6.07) is 14.5. The zero-order valence-electron chi connectivity index (χ0n) is 18.2. The van der Waals surface area contributed by atoms with Gasteiger partial charge < -0.3 is 19.4 Å². The van der Waals surface area contributed by atoms with Crippen molar-refractivity contribution >= 4 is 32.9 Å². The van der Waals surface area contributed by atoms with Crippen LogP contribution in [0, 0.1) is 6.92 Å². The number of alkyl carbamates (subject to hydrolysis) is 1. The number of methoxy groups -OCH3 is 1. The third-order valence-corrected chi connectivity index (χ3v) is 5.49. The molecular weight excluding hydrogens is 444 g/mol. The number of carbonyl (C=O) groups is 1. The SMILES string of the molecule is COc1ccc2c(c1)c(CCNC(=O)OC(C)(C)C)c(C)n2Cc1ccc(Br)cc1. The summed E-state index contributed by atoms with van der Waals surface area (Å²) in [5.74, 6) is 0.824. The van der Waals surface area contributed by atoms with E-state index < -0.39 is 11.7 Å². The molecule has 0 bridgehead atoms. The molecule has 0 spiro atoms. The van der Waals surface area contributed by atoms with Gasteiger partial charge in [-0.1, -0.05) is 28.1 Å². The minimum absolute atomic E-state index is 0.392. The number of nitrogens with one attached hydrogen (secondary N) is 1. The van der Waals surface area contributed by atoms with Crippen LogP contribution in [0.3, 0.4) is 0 Å². The molecular formula is C24H29BrN2O3. The number of carbonyl (C=O) groups excluding carboxylic acids is 1. The van der Waals surface area contributed by atoms with Gasteiger partial charge in [0.25, 0.3) is 0 Å². The van der Waals surface area contributed by atoms with Gasteiger partial charge in [0.15, 0.2) is 0 Å². The third-order valence-electron chi connectivity index (χ3n) is 4.96. The van der Waals surface area contributed by atoms with Gasteiger partial charge in [0.05, 0.1) is 7.11 Å². The fraction of sp³-hybridized carbons (Fsp3) is 0.375. The van der Waals surface area contributed by atoms with Crippen molar-refractivity contribution in [2.45, 2.75) is 46.3 Å². The van der Waals surface area contributed by atoms with E-state index in [4.69, 9.17) is 9.47 Å². The predicted octanol–water partition coefficient (Wildman–Crippen LogP) is 5.84. The van der Waals surface area contributed by atoms with Crippen LogP contribution in [0.5, 0.6) is 5.75 Å². The van der Waals surface area contributed by atoms with Gasteiger partial charge in [0, 0.05) is 34.2 Å². The summed E-state index contributed by atoms with van der Waals surface area (Å²) >= 11 is 3.50. The Balaban J connectivity index is 1.88. The summed E-state index contributed by atoms with van der Waals surface area (Å²) in [5, 5.41) is 4.01. The lowest BCUT2D eigenvalue weighted by atomic mass is 10.1. The van der Waals surface area contributed by atoms with E-state index in [1.165, 1.54) is 16.8 Å². The van der Waals surface area contributed by atoms with E-state index in [2.05, 4.69) is 69.1 Å². The van der Waals surface area contributed by atoms with Gasteiger partial charge in [-0.25, -0.2) is 4.79 Å². The van der Waals surface area contributed by atoms with E-state index >= 15 is 0 Å². The summed E-state index contributed by atoms with van der Waals surface area (Å²) in [7, 11) is 1.68. The zero-order chi connectivity index (χ0) is 21.9. The minimum Gasteiger partial charge on any atom is -0.497 e. The number of hydrogen-bond acceptors (Lipinski definition) is 3. The lowest BCUT2D eigenvalue weighted by Gasteiger charge is -2.19. The monoisotopic (exact) mass is 472 g/mol. The Kier molecular flexibility index (Phi) is 6.76. The van der Waals surface area contributed by atoms with Crippen LogP contribution >= 0.6 is 15.9 Å². The van der Waals surface area contributed by atoms with Crippen LogP contribution in [-0.4, -0.2) is 29.9 Å². The van der Waals surface area contributed by atoms with E-state index in [1.54, 1.807) is 7.11 Å². The summed E-state index contributed by atoms with van der Waals surface area (Å²) < 4.78 is 14.2. The molecule has 0 aliphatic heterocycles. The average molecular weight is 473 g/mol. The van der Waals surface area contributed by atoms with Crippen molar-refractivity contribution in [3.05, 3.63) is 63.8 Å². The van der Waals surface area contributed by atoms with Gasteiger partial charge >= 0.3 is 6.09 Å². The number of rotatable bonds is 6. The quantitative estimate of drug-likeness (QED) is 0.490. The summed E-state index contributed by atoms with van der Waals surface area (Å²) in [4.78, 5) is 12.0. The van der Waals surface area contributed by atoms with Gasteiger partial charge in [-0.15, -0.1) is 0 Å². The van der Waals surface area contributed by atoms with Gasteiger partial charge in [0.1, 0.15) is 11.4 Å². The van der Waals surface area contributed by atoms with Crippen LogP contribution in [0.4, 0.5) is 4.79 Å². The Morgan fingerprint density at radius 3 is 2.47 bits per heavy atom. The minimum atomic E-state index is -0.506. The second-order valence-corrected chi connectivity index (χ2v) is 9.25. The molecule has 0 radical (unpaired) electrons. The highest BCUT2D eigenvalue weighted by Crippen LogP contribution is 2.30. The van der Waals surface area contributed by atoms with Crippen molar-refractivity contribution in [2.75, 3.05) is 13.7 Å². The maximum atomic E-state index is 12.0. The number of hydrogen-bond donors (Lipinski definition) is 1. The lowest BCUT2D eigenvalue weighted by molar-refractivity contribution is 0.0528. The van der Waals surface area contributed by atoms with E-state index in [0.717, 1.165) is 27.7 Å². The molecule has 0 atom stereocenters. The first-order chi connectivity index (χ1) is 14.2. The summed E-state index contributed by atoms with van der Waals surface area (Å²) in [6.07, 6.45) is 0.318. The molecule has 1 N–H and O–H groups in total. The molecule has 30 heavy (non-hydrogen) atoms. The van der Waals surface area contributed by atoms with E-state index in [-0.39, 0.29) is 0 Å². The van der Waals surface area contributed by atoms with Crippen LogP contribution in [0.2, 0.25) is 0 Å². The van der Waals surface area contributed by atoms with Gasteiger partial charge in [-0.3, -0.25) is 0 Å². The summed E-state index contributed by atoms with van der Waals surface area (Å²) in [5.41, 5.74) is 4.27. The number of aromatic nitrogens is 1. The Labute approximate surface area is 186 Å². The number of nitrogens with zero attached hydrogens (tertiary/aromatic N) is 1. The Hall–Kier alpha value is -2.47. The van der Waals surface area contributed by atoms with Crippen molar-refractivity contribution in [1.82, 2.24) is 9.88 Å². The van der Waals surface area contributed by atoms with E-state index in [0.29, 0.717) is 13.0 Å². The van der Waals surface area contributed by atoms with Gasteiger partial charge in [-0.2, -0.15) is 0 Å². The molecule has 0 saturated heterocycles. The molecule has 1 aromatic heterocycles. The first-order valence-electron chi connectivity index (χ1n) is 10.0.